The topological polar surface area (TPSA) is 47.0 Å². The molecular weight excluding hydrogens is 290 g/mol. The largest absolute Gasteiger partial charge is 0.389 e. The maximum Gasteiger partial charge on any atom is 0.225 e. The summed E-state index contributed by atoms with van der Waals surface area (Å²) in [4.78, 5) is 19.5. The second kappa shape index (κ2) is 7.95. The third-order valence-corrected chi connectivity index (χ3v) is 4.85. The Kier molecular flexibility index (Phi) is 6.46. The fourth-order valence-electron chi connectivity index (χ4n) is 3.81. The minimum Gasteiger partial charge on any atom is -0.389 e. The smallest absolute Gasteiger partial charge is 0.225 e. The van der Waals surface area contributed by atoms with Crippen LogP contribution in [0.5, 0.6) is 0 Å². The van der Waals surface area contributed by atoms with Gasteiger partial charge < -0.3 is 14.9 Å². The molecule has 0 aromatic heterocycles. The van der Waals surface area contributed by atoms with E-state index in [2.05, 4.69) is 23.6 Å². The predicted octanol–water partition coefficient (Wildman–Crippen LogP) is 1.27. The molecule has 0 unspecified atom stereocenters. The average Bonchev–Trinajstić information content (AvgIpc) is 2.46. The van der Waals surface area contributed by atoms with Crippen molar-refractivity contribution in [3.8, 4) is 0 Å². The van der Waals surface area contributed by atoms with Gasteiger partial charge in [-0.05, 0) is 45.7 Å². The molecule has 2 saturated heterocycles. The number of β-amino-alcohol motifs (C(OH)–C–C–N with tert-alkyl or cyclic N) is 1. The van der Waals surface area contributed by atoms with E-state index < -0.39 is 5.60 Å². The maximum atomic E-state index is 12.7. The zero-order chi connectivity index (χ0) is 17.0. The third-order valence-electron chi connectivity index (χ3n) is 4.85. The summed E-state index contributed by atoms with van der Waals surface area (Å²) in [5.41, 5.74) is -0.657. The van der Waals surface area contributed by atoms with Crippen LogP contribution in [0.4, 0.5) is 0 Å². The van der Waals surface area contributed by atoms with E-state index in [-0.39, 0.29) is 5.92 Å². The molecule has 0 saturated carbocycles. The Balaban J connectivity index is 1.73. The summed E-state index contributed by atoms with van der Waals surface area (Å²) >= 11 is 0. The molecule has 134 valence electrons. The quantitative estimate of drug-likeness (QED) is 0.827. The normalized spacial score (nSPS) is 22.8. The minimum absolute atomic E-state index is 0.222. The van der Waals surface area contributed by atoms with Gasteiger partial charge in [-0.25, -0.2) is 0 Å². The second-order valence-electron chi connectivity index (χ2n) is 8.38. The van der Waals surface area contributed by atoms with Crippen LogP contribution in [0.2, 0.25) is 0 Å². The lowest BCUT2D eigenvalue weighted by Gasteiger charge is -2.40. The number of rotatable bonds is 5. The zero-order valence-corrected chi connectivity index (χ0v) is 15.4. The van der Waals surface area contributed by atoms with Crippen molar-refractivity contribution >= 4 is 5.91 Å². The average molecular weight is 325 g/mol. The van der Waals surface area contributed by atoms with Crippen molar-refractivity contribution in [2.45, 2.75) is 46.1 Å². The summed E-state index contributed by atoms with van der Waals surface area (Å²) in [7, 11) is 0. The Morgan fingerprint density at radius 1 is 1.04 bits per heavy atom. The molecule has 2 rings (SSSR count). The van der Waals surface area contributed by atoms with Crippen LogP contribution < -0.4 is 0 Å². The van der Waals surface area contributed by atoms with Crippen LogP contribution in [-0.4, -0.2) is 83.7 Å². The van der Waals surface area contributed by atoms with E-state index in [1.807, 2.05) is 18.7 Å². The van der Waals surface area contributed by atoms with Crippen LogP contribution in [-0.2, 0) is 4.79 Å². The van der Waals surface area contributed by atoms with Gasteiger partial charge in [0, 0.05) is 45.2 Å². The first-order valence-electron chi connectivity index (χ1n) is 9.20. The standard InChI is InChI=1S/C18H35N3O2/c1-15(2)13-19-7-5-16(6-8-19)17(22)21-11-9-20(10-12-21)14-18(3,4)23/h15-16,23H,5-14H2,1-4H3. The van der Waals surface area contributed by atoms with Gasteiger partial charge in [0.25, 0.3) is 0 Å². The van der Waals surface area contributed by atoms with Crippen molar-refractivity contribution < 1.29 is 9.90 Å². The van der Waals surface area contributed by atoms with Gasteiger partial charge in [-0.2, -0.15) is 0 Å². The Morgan fingerprint density at radius 2 is 1.61 bits per heavy atom. The van der Waals surface area contributed by atoms with Gasteiger partial charge in [0.1, 0.15) is 0 Å². The van der Waals surface area contributed by atoms with Gasteiger partial charge in [-0.3, -0.25) is 9.69 Å². The summed E-state index contributed by atoms with van der Waals surface area (Å²) in [6.45, 7) is 15.5. The van der Waals surface area contributed by atoms with E-state index >= 15 is 0 Å². The lowest BCUT2D eigenvalue weighted by Crippen LogP contribution is -2.53. The van der Waals surface area contributed by atoms with E-state index in [1.165, 1.54) is 0 Å². The summed E-state index contributed by atoms with van der Waals surface area (Å²) in [6, 6.07) is 0. The molecule has 1 amide bonds. The van der Waals surface area contributed by atoms with Gasteiger partial charge in [0.2, 0.25) is 5.91 Å². The van der Waals surface area contributed by atoms with Gasteiger partial charge in [-0.1, -0.05) is 13.8 Å². The van der Waals surface area contributed by atoms with Crippen molar-refractivity contribution in [3.63, 3.8) is 0 Å². The summed E-state index contributed by atoms with van der Waals surface area (Å²) in [5, 5.41) is 9.91. The highest BCUT2D eigenvalue weighted by Crippen LogP contribution is 2.21. The number of piperazine rings is 1. The predicted molar refractivity (Wildman–Crippen MR) is 93.3 cm³/mol. The van der Waals surface area contributed by atoms with Crippen LogP contribution in [0.15, 0.2) is 0 Å². The van der Waals surface area contributed by atoms with Crippen LogP contribution in [0.25, 0.3) is 0 Å². The Morgan fingerprint density at radius 3 is 2.09 bits per heavy atom. The van der Waals surface area contributed by atoms with Crippen LogP contribution in [0.3, 0.4) is 0 Å². The van der Waals surface area contributed by atoms with Crippen LogP contribution in [0, 0.1) is 11.8 Å². The van der Waals surface area contributed by atoms with Crippen molar-refractivity contribution in [2.75, 3.05) is 52.4 Å². The molecule has 5 heteroatoms. The Labute approximate surface area is 141 Å². The van der Waals surface area contributed by atoms with Crippen LogP contribution >= 0.6 is 0 Å². The first kappa shape index (κ1) is 18.7. The molecule has 2 aliphatic heterocycles. The van der Waals surface area contributed by atoms with Gasteiger partial charge in [-0.15, -0.1) is 0 Å². The molecule has 0 radical (unpaired) electrons. The van der Waals surface area contributed by atoms with E-state index in [0.29, 0.717) is 18.4 Å². The van der Waals surface area contributed by atoms with Crippen molar-refractivity contribution in [3.05, 3.63) is 0 Å². The molecule has 2 heterocycles. The number of carbonyl (C=O) groups is 1. The lowest BCUT2D eigenvalue weighted by molar-refractivity contribution is -0.139. The number of amides is 1. The summed E-state index contributed by atoms with van der Waals surface area (Å²) in [5.74, 6) is 1.28. The number of hydrogen-bond donors (Lipinski definition) is 1. The molecule has 0 atom stereocenters. The lowest BCUT2D eigenvalue weighted by atomic mass is 9.94. The fraction of sp³-hybridized carbons (Fsp3) is 0.944. The molecule has 0 aliphatic carbocycles. The second-order valence-corrected chi connectivity index (χ2v) is 8.38. The molecule has 0 spiro atoms. The number of piperidine rings is 1. The van der Waals surface area contributed by atoms with Crippen molar-refractivity contribution in [2.24, 2.45) is 11.8 Å². The van der Waals surface area contributed by atoms with E-state index in [0.717, 1.165) is 58.7 Å². The molecule has 2 aliphatic rings. The number of nitrogens with zero attached hydrogens (tertiary/aromatic N) is 3. The molecule has 0 aromatic carbocycles. The number of likely N-dealkylation sites (tertiary alicyclic amines) is 1. The van der Waals surface area contributed by atoms with E-state index in [9.17, 15) is 9.90 Å². The third kappa shape index (κ3) is 6.05. The molecular formula is C18H35N3O2. The highest BCUT2D eigenvalue weighted by atomic mass is 16.3. The number of aliphatic hydroxyl groups is 1. The first-order chi connectivity index (χ1) is 10.7. The Bertz CT molecular complexity index is 376. The maximum absolute atomic E-state index is 12.7. The Hall–Kier alpha value is -0.650. The van der Waals surface area contributed by atoms with Gasteiger partial charge >= 0.3 is 0 Å². The molecule has 1 N–H and O–H groups in total. The van der Waals surface area contributed by atoms with E-state index in [4.69, 9.17) is 0 Å². The SMILES string of the molecule is CC(C)CN1CCC(C(=O)N2CCN(CC(C)(C)O)CC2)CC1. The summed E-state index contributed by atoms with van der Waals surface area (Å²) in [6.07, 6.45) is 2.02. The summed E-state index contributed by atoms with van der Waals surface area (Å²) < 4.78 is 0. The molecule has 2 fully saturated rings. The molecule has 0 aromatic rings. The highest BCUT2D eigenvalue weighted by molar-refractivity contribution is 5.79. The van der Waals surface area contributed by atoms with Gasteiger partial charge in [0.15, 0.2) is 0 Å². The monoisotopic (exact) mass is 325 g/mol. The fourth-order valence-corrected chi connectivity index (χ4v) is 3.81. The minimum atomic E-state index is -0.657. The molecule has 5 nitrogen and oxygen atoms in total. The van der Waals surface area contributed by atoms with E-state index in [1.54, 1.807) is 0 Å². The van der Waals surface area contributed by atoms with Crippen molar-refractivity contribution in [1.29, 1.82) is 0 Å². The first-order valence-corrected chi connectivity index (χ1v) is 9.20. The highest BCUT2D eigenvalue weighted by Gasteiger charge is 2.31. The zero-order valence-electron chi connectivity index (χ0n) is 15.4. The molecule has 23 heavy (non-hydrogen) atoms. The molecule has 0 bridgehead atoms. The number of carbonyl (C=O) groups excluding carboxylic acids is 1. The van der Waals surface area contributed by atoms with Gasteiger partial charge in [0.05, 0.1) is 5.60 Å². The van der Waals surface area contributed by atoms with Crippen molar-refractivity contribution in [1.82, 2.24) is 14.7 Å². The van der Waals surface area contributed by atoms with Crippen LogP contribution in [0.1, 0.15) is 40.5 Å². The number of hydrogen-bond acceptors (Lipinski definition) is 4.